The third kappa shape index (κ3) is 3.56. The van der Waals surface area contributed by atoms with Gasteiger partial charge in [-0.1, -0.05) is 92.2 Å². The standard InChI is InChI=1S/C26H21N.C2H6/c1-19-8-7-13-26-24(18-19)23-11-5-6-12-25(23)27(26)22-16-14-21(15-17-22)20-9-3-2-4-10-20;1-2/h2-7,9-18H,8H2,1H3;1-2H3. The summed E-state index contributed by atoms with van der Waals surface area (Å²) in [5.41, 5.74) is 8.93. The van der Waals surface area contributed by atoms with Gasteiger partial charge in [-0.15, -0.1) is 0 Å². The van der Waals surface area contributed by atoms with Gasteiger partial charge < -0.3 is 4.57 Å². The summed E-state index contributed by atoms with van der Waals surface area (Å²) in [4.78, 5) is 0. The number of fused-ring (bicyclic) bond motifs is 3. The molecule has 1 heterocycles. The van der Waals surface area contributed by atoms with Gasteiger partial charge in [-0.05, 0) is 48.7 Å². The quantitative estimate of drug-likeness (QED) is 0.332. The van der Waals surface area contributed by atoms with E-state index in [0.717, 1.165) is 6.42 Å². The minimum absolute atomic E-state index is 1.01. The summed E-state index contributed by atoms with van der Waals surface area (Å²) in [6.45, 7) is 6.21. The van der Waals surface area contributed by atoms with Crippen LogP contribution in [-0.4, -0.2) is 4.57 Å². The molecule has 29 heavy (non-hydrogen) atoms. The van der Waals surface area contributed by atoms with Crippen LogP contribution in [0.25, 0.3) is 39.9 Å². The fourth-order valence-corrected chi connectivity index (χ4v) is 3.97. The smallest absolute Gasteiger partial charge is 0.0541 e. The maximum atomic E-state index is 2.38. The first kappa shape index (κ1) is 19.0. The van der Waals surface area contributed by atoms with Gasteiger partial charge in [0.1, 0.15) is 0 Å². The van der Waals surface area contributed by atoms with E-state index in [1.54, 1.807) is 0 Å². The van der Waals surface area contributed by atoms with Crippen LogP contribution in [-0.2, 0) is 0 Å². The Hall–Kier alpha value is -3.32. The zero-order valence-electron chi connectivity index (χ0n) is 17.4. The molecule has 0 aliphatic heterocycles. The van der Waals surface area contributed by atoms with E-state index in [1.807, 2.05) is 13.8 Å². The van der Waals surface area contributed by atoms with Crippen molar-refractivity contribution in [2.24, 2.45) is 0 Å². The van der Waals surface area contributed by atoms with Gasteiger partial charge in [0.25, 0.3) is 0 Å². The van der Waals surface area contributed by atoms with Crippen LogP contribution < -0.4 is 0 Å². The molecule has 1 heteroatoms. The number of para-hydroxylation sites is 1. The Balaban J connectivity index is 0.000000994. The van der Waals surface area contributed by atoms with Crippen molar-refractivity contribution in [1.82, 2.24) is 4.57 Å². The second-order valence-electron chi connectivity index (χ2n) is 7.16. The fourth-order valence-electron chi connectivity index (χ4n) is 3.97. The molecule has 0 N–H and O–H groups in total. The van der Waals surface area contributed by atoms with Crippen LogP contribution in [0.15, 0.2) is 90.5 Å². The van der Waals surface area contributed by atoms with Crippen LogP contribution in [0.5, 0.6) is 0 Å². The lowest BCUT2D eigenvalue weighted by Crippen LogP contribution is -1.96. The maximum absolute atomic E-state index is 2.38. The van der Waals surface area contributed by atoms with E-state index in [1.165, 1.54) is 44.5 Å². The first-order valence-corrected chi connectivity index (χ1v) is 10.4. The predicted octanol–water partition coefficient (Wildman–Crippen LogP) is 8.14. The highest BCUT2D eigenvalue weighted by molar-refractivity contribution is 5.96. The molecule has 0 radical (unpaired) electrons. The van der Waals surface area contributed by atoms with Crippen LogP contribution in [0.4, 0.5) is 0 Å². The Morgan fingerprint density at radius 2 is 1.38 bits per heavy atom. The van der Waals surface area contributed by atoms with Crippen molar-refractivity contribution < 1.29 is 0 Å². The van der Waals surface area contributed by atoms with Crippen LogP contribution >= 0.6 is 0 Å². The van der Waals surface area contributed by atoms with Crippen LogP contribution in [0.2, 0.25) is 0 Å². The molecule has 5 rings (SSSR count). The molecule has 0 atom stereocenters. The van der Waals surface area contributed by atoms with Crippen molar-refractivity contribution in [2.75, 3.05) is 0 Å². The summed E-state index contributed by atoms with van der Waals surface area (Å²) in [6.07, 6.45) is 7.89. The minimum atomic E-state index is 1.01. The number of hydrogen-bond acceptors (Lipinski definition) is 0. The highest BCUT2D eigenvalue weighted by Crippen LogP contribution is 2.34. The molecule has 0 amide bonds. The van der Waals surface area contributed by atoms with Gasteiger partial charge in [-0.3, -0.25) is 0 Å². The Labute approximate surface area is 173 Å². The molecule has 0 saturated heterocycles. The summed E-state index contributed by atoms with van der Waals surface area (Å²) < 4.78 is 2.38. The molecule has 0 unspecified atom stereocenters. The number of hydrogen-bond donors (Lipinski definition) is 0. The predicted molar refractivity (Wildman–Crippen MR) is 127 cm³/mol. The Kier molecular flexibility index (Phi) is 5.48. The van der Waals surface area contributed by atoms with Gasteiger partial charge in [0, 0.05) is 16.6 Å². The van der Waals surface area contributed by atoms with Crippen molar-refractivity contribution in [2.45, 2.75) is 27.2 Å². The monoisotopic (exact) mass is 377 g/mol. The molecule has 1 aliphatic rings. The van der Waals surface area contributed by atoms with Crippen molar-refractivity contribution >= 4 is 23.1 Å². The molecule has 3 aromatic carbocycles. The maximum Gasteiger partial charge on any atom is 0.0541 e. The molecule has 1 aliphatic carbocycles. The molecule has 0 spiro atoms. The molecular formula is C28H27N. The second-order valence-corrected chi connectivity index (χ2v) is 7.16. The van der Waals surface area contributed by atoms with Crippen molar-refractivity contribution in [3.63, 3.8) is 0 Å². The zero-order valence-corrected chi connectivity index (χ0v) is 17.4. The molecule has 0 fully saturated rings. The number of aromatic nitrogens is 1. The fraction of sp³-hybridized carbons (Fsp3) is 0.143. The number of rotatable bonds is 2. The summed E-state index contributed by atoms with van der Waals surface area (Å²) in [5.74, 6) is 0. The Morgan fingerprint density at radius 1 is 0.724 bits per heavy atom. The molecule has 4 aromatic rings. The van der Waals surface area contributed by atoms with E-state index in [9.17, 15) is 0 Å². The number of nitrogens with zero attached hydrogens (tertiary/aromatic N) is 1. The Bertz CT molecular complexity index is 1170. The first-order valence-electron chi connectivity index (χ1n) is 10.4. The van der Waals surface area contributed by atoms with E-state index in [2.05, 4.69) is 109 Å². The van der Waals surface area contributed by atoms with E-state index in [-0.39, 0.29) is 0 Å². The lowest BCUT2D eigenvalue weighted by Gasteiger charge is -2.10. The number of allylic oxidation sites excluding steroid dienone is 2. The van der Waals surface area contributed by atoms with Crippen LogP contribution in [0, 0.1) is 0 Å². The highest BCUT2D eigenvalue weighted by atomic mass is 15.0. The first-order chi connectivity index (χ1) is 14.3. The van der Waals surface area contributed by atoms with Crippen molar-refractivity contribution in [3.05, 3.63) is 102 Å². The molecule has 1 aromatic heterocycles. The Morgan fingerprint density at radius 3 is 2.14 bits per heavy atom. The van der Waals surface area contributed by atoms with Gasteiger partial charge in [-0.2, -0.15) is 0 Å². The van der Waals surface area contributed by atoms with Gasteiger partial charge >= 0.3 is 0 Å². The van der Waals surface area contributed by atoms with Crippen LogP contribution in [0.1, 0.15) is 38.4 Å². The summed E-state index contributed by atoms with van der Waals surface area (Å²) >= 11 is 0. The van der Waals surface area contributed by atoms with Crippen molar-refractivity contribution in [3.8, 4) is 16.8 Å². The van der Waals surface area contributed by atoms with Crippen molar-refractivity contribution in [1.29, 1.82) is 0 Å². The summed E-state index contributed by atoms with van der Waals surface area (Å²) in [7, 11) is 0. The molecule has 1 nitrogen and oxygen atoms in total. The third-order valence-electron chi connectivity index (χ3n) is 5.29. The summed E-state index contributed by atoms with van der Waals surface area (Å²) in [5, 5.41) is 1.31. The molecule has 0 saturated carbocycles. The van der Waals surface area contributed by atoms with Gasteiger partial charge in [0.05, 0.1) is 11.2 Å². The molecular weight excluding hydrogens is 350 g/mol. The minimum Gasteiger partial charge on any atom is -0.309 e. The van der Waals surface area contributed by atoms with E-state index in [4.69, 9.17) is 0 Å². The average molecular weight is 378 g/mol. The van der Waals surface area contributed by atoms with E-state index < -0.39 is 0 Å². The summed E-state index contributed by atoms with van der Waals surface area (Å²) in [6, 6.07) is 28.1. The van der Waals surface area contributed by atoms with E-state index >= 15 is 0 Å². The zero-order chi connectivity index (χ0) is 20.2. The second kappa shape index (κ2) is 8.36. The van der Waals surface area contributed by atoms with Gasteiger partial charge in [-0.25, -0.2) is 0 Å². The van der Waals surface area contributed by atoms with E-state index in [0.29, 0.717) is 0 Å². The van der Waals surface area contributed by atoms with Gasteiger partial charge in [0.2, 0.25) is 0 Å². The molecule has 144 valence electrons. The molecule has 0 bridgehead atoms. The SMILES string of the molecule is CC.CC1=Cc2c(n(-c3ccc(-c4ccccc4)cc3)c3ccccc23)C=CC1. The van der Waals surface area contributed by atoms with Gasteiger partial charge in [0.15, 0.2) is 0 Å². The normalized spacial score (nSPS) is 12.6. The highest BCUT2D eigenvalue weighted by Gasteiger charge is 2.16. The largest absolute Gasteiger partial charge is 0.309 e. The lowest BCUT2D eigenvalue weighted by atomic mass is 10.1. The van der Waals surface area contributed by atoms with Crippen LogP contribution in [0.3, 0.4) is 0 Å². The topological polar surface area (TPSA) is 4.93 Å². The number of benzene rings is 3. The average Bonchev–Trinajstić information content (AvgIpc) is 2.95. The lowest BCUT2D eigenvalue weighted by molar-refractivity contribution is 1.11. The third-order valence-corrected chi connectivity index (χ3v) is 5.29.